The first-order valence-corrected chi connectivity index (χ1v) is 7.13. The predicted octanol–water partition coefficient (Wildman–Crippen LogP) is 2.56. The van der Waals surface area contributed by atoms with Crippen molar-refractivity contribution in [1.29, 1.82) is 0 Å². The molecule has 0 unspecified atom stereocenters. The van der Waals surface area contributed by atoms with Crippen molar-refractivity contribution in [2.45, 2.75) is 32.4 Å². The van der Waals surface area contributed by atoms with Crippen LogP contribution in [-0.2, 0) is 11.3 Å². The van der Waals surface area contributed by atoms with Crippen LogP contribution in [0.2, 0.25) is 0 Å². The molecule has 3 rings (SSSR count). The summed E-state index contributed by atoms with van der Waals surface area (Å²) < 4.78 is 1.85. The van der Waals surface area contributed by atoms with Crippen molar-refractivity contribution in [3.63, 3.8) is 0 Å². The topological polar surface area (TPSA) is 68.4 Å². The Balaban J connectivity index is 1.84. The molecule has 0 aliphatic heterocycles. The summed E-state index contributed by atoms with van der Waals surface area (Å²) in [6.45, 7) is 3.01. The highest BCUT2D eigenvalue weighted by Crippen LogP contribution is 2.27. The highest BCUT2D eigenvalue weighted by Gasteiger charge is 2.31. The number of nitro groups is 1. The first-order valence-electron chi connectivity index (χ1n) is 7.13. The normalized spacial score (nSPS) is 14.3. The zero-order chi connectivity index (χ0) is 15.0. The number of amides is 1. The molecule has 0 atom stereocenters. The number of nitro benzene ring substituents is 1. The van der Waals surface area contributed by atoms with Gasteiger partial charge in [0, 0.05) is 41.8 Å². The summed E-state index contributed by atoms with van der Waals surface area (Å²) >= 11 is 0. The molecule has 0 spiro atoms. The third kappa shape index (κ3) is 2.61. The molecule has 1 saturated carbocycles. The molecule has 0 N–H and O–H groups in total. The van der Waals surface area contributed by atoms with Gasteiger partial charge < -0.3 is 9.47 Å². The fourth-order valence-corrected chi connectivity index (χ4v) is 2.70. The average molecular weight is 287 g/mol. The van der Waals surface area contributed by atoms with Crippen LogP contribution < -0.4 is 0 Å². The van der Waals surface area contributed by atoms with E-state index in [0.29, 0.717) is 6.04 Å². The Bertz CT molecular complexity index is 703. The van der Waals surface area contributed by atoms with Gasteiger partial charge in [-0.15, -0.1) is 0 Å². The van der Waals surface area contributed by atoms with E-state index in [9.17, 15) is 14.9 Å². The van der Waals surface area contributed by atoms with Crippen LogP contribution in [0.3, 0.4) is 0 Å². The van der Waals surface area contributed by atoms with Gasteiger partial charge in [0.1, 0.15) is 6.54 Å². The molecule has 1 fully saturated rings. The van der Waals surface area contributed by atoms with Crippen LogP contribution in [0.1, 0.15) is 19.8 Å². The van der Waals surface area contributed by atoms with Crippen molar-refractivity contribution in [2.24, 2.45) is 0 Å². The number of benzene rings is 1. The lowest BCUT2D eigenvalue weighted by Gasteiger charge is -2.20. The molecule has 110 valence electrons. The van der Waals surface area contributed by atoms with Gasteiger partial charge in [-0.05, 0) is 31.9 Å². The van der Waals surface area contributed by atoms with Crippen LogP contribution in [0.4, 0.5) is 5.69 Å². The van der Waals surface area contributed by atoms with E-state index in [0.717, 1.165) is 30.3 Å². The minimum Gasteiger partial charge on any atom is -0.338 e. The van der Waals surface area contributed by atoms with E-state index < -0.39 is 4.92 Å². The van der Waals surface area contributed by atoms with Crippen molar-refractivity contribution in [2.75, 3.05) is 6.54 Å². The molecule has 21 heavy (non-hydrogen) atoms. The van der Waals surface area contributed by atoms with E-state index in [1.807, 2.05) is 28.7 Å². The lowest BCUT2D eigenvalue weighted by atomic mass is 10.2. The van der Waals surface area contributed by atoms with Crippen LogP contribution >= 0.6 is 0 Å². The molecule has 1 aromatic heterocycles. The number of likely N-dealkylation sites (N-methyl/N-ethyl adjacent to an activating group) is 1. The van der Waals surface area contributed by atoms with Gasteiger partial charge in [-0.3, -0.25) is 14.9 Å². The summed E-state index contributed by atoms with van der Waals surface area (Å²) in [7, 11) is 0. The Morgan fingerprint density at radius 1 is 1.43 bits per heavy atom. The van der Waals surface area contributed by atoms with E-state index in [1.165, 1.54) is 12.1 Å². The summed E-state index contributed by atoms with van der Waals surface area (Å²) in [6, 6.07) is 6.93. The Hall–Kier alpha value is -2.37. The number of aromatic nitrogens is 1. The number of rotatable bonds is 5. The van der Waals surface area contributed by atoms with Gasteiger partial charge in [0.25, 0.3) is 5.69 Å². The number of carbonyl (C=O) groups is 1. The lowest BCUT2D eigenvalue weighted by molar-refractivity contribution is -0.384. The van der Waals surface area contributed by atoms with Gasteiger partial charge in [-0.25, -0.2) is 0 Å². The Morgan fingerprint density at radius 3 is 2.81 bits per heavy atom. The quantitative estimate of drug-likeness (QED) is 0.627. The monoisotopic (exact) mass is 287 g/mol. The van der Waals surface area contributed by atoms with Gasteiger partial charge in [0.15, 0.2) is 0 Å². The fourth-order valence-electron chi connectivity index (χ4n) is 2.70. The third-order valence-corrected chi connectivity index (χ3v) is 3.92. The summed E-state index contributed by atoms with van der Waals surface area (Å²) in [5, 5.41) is 11.6. The molecule has 1 aromatic carbocycles. The molecule has 0 radical (unpaired) electrons. The largest absolute Gasteiger partial charge is 0.338 e. The first-order chi connectivity index (χ1) is 10.1. The minimum absolute atomic E-state index is 0.0692. The van der Waals surface area contributed by atoms with Crippen LogP contribution in [0.25, 0.3) is 10.9 Å². The standard InChI is InChI=1S/C15H17N3O3/c1-2-17(12-3-4-12)15(19)10-16-8-7-11-9-13(18(20)21)5-6-14(11)16/h5-9,12H,2-4,10H2,1H3. The number of hydrogen-bond acceptors (Lipinski definition) is 3. The maximum absolute atomic E-state index is 12.3. The van der Waals surface area contributed by atoms with Crippen LogP contribution in [0, 0.1) is 10.1 Å². The summed E-state index contributed by atoms with van der Waals surface area (Å²) in [6.07, 6.45) is 4.00. The fraction of sp³-hybridized carbons (Fsp3) is 0.400. The van der Waals surface area contributed by atoms with Gasteiger partial charge in [-0.1, -0.05) is 0 Å². The Morgan fingerprint density at radius 2 is 2.19 bits per heavy atom. The molecule has 1 heterocycles. The Kier molecular flexibility index (Phi) is 3.37. The molecule has 1 aliphatic rings. The van der Waals surface area contributed by atoms with Crippen molar-refractivity contribution in [1.82, 2.24) is 9.47 Å². The summed E-state index contributed by atoms with van der Waals surface area (Å²) in [5.41, 5.74) is 0.917. The smallest absolute Gasteiger partial charge is 0.270 e. The van der Waals surface area contributed by atoms with E-state index >= 15 is 0 Å². The SMILES string of the molecule is CCN(C(=O)Cn1ccc2cc([N+](=O)[O-])ccc21)C1CC1. The van der Waals surface area contributed by atoms with E-state index in [1.54, 1.807) is 6.07 Å². The van der Waals surface area contributed by atoms with Crippen LogP contribution in [0.5, 0.6) is 0 Å². The number of non-ortho nitro benzene ring substituents is 1. The van der Waals surface area contributed by atoms with Gasteiger partial charge in [0.2, 0.25) is 5.91 Å². The molecular formula is C15H17N3O3. The van der Waals surface area contributed by atoms with E-state index in [-0.39, 0.29) is 18.1 Å². The number of carbonyl (C=O) groups excluding carboxylic acids is 1. The Labute approximate surface area is 122 Å². The maximum atomic E-state index is 12.3. The summed E-state index contributed by atoms with van der Waals surface area (Å²) in [5.74, 6) is 0.107. The van der Waals surface area contributed by atoms with Crippen molar-refractivity contribution in [3.8, 4) is 0 Å². The van der Waals surface area contributed by atoms with Gasteiger partial charge in [0.05, 0.1) is 4.92 Å². The maximum Gasteiger partial charge on any atom is 0.270 e. The second kappa shape index (κ2) is 5.20. The average Bonchev–Trinajstić information content (AvgIpc) is 3.21. The molecule has 0 bridgehead atoms. The lowest BCUT2D eigenvalue weighted by Crippen LogP contribution is -2.35. The molecule has 6 nitrogen and oxygen atoms in total. The molecule has 0 saturated heterocycles. The number of fused-ring (bicyclic) bond motifs is 1. The van der Waals surface area contributed by atoms with Crippen LogP contribution in [-0.4, -0.2) is 32.9 Å². The molecule has 1 amide bonds. The second-order valence-electron chi connectivity index (χ2n) is 5.35. The molecule has 2 aromatic rings. The molecule has 6 heteroatoms. The number of hydrogen-bond donors (Lipinski definition) is 0. The highest BCUT2D eigenvalue weighted by atomic mass is 16.6. The first kappa shape index (κ1) is 13.6. The summed E-state index contributed by atoms with van der Waals surface area (Å²) in [4.78, 5) is 24.6. The molecular weight excluding hydrogens is 270 g/mol. The van der Waals surface area contributed by atoms with E-state index in [2.05, 4.69) is 0 Å². The van der Waals surface area contributed by atoms with Gasteiger partial charge in [-0.2, -0.15) is 0 Å². The minimum atomic E-state index is -0.409. The zero-order valence-electron chi connectivity index (χ0n) is 11.9. The molecule has 1 aliphatic carbocycles. The van der Waals surface area contributed by atoms with Gasteiger partial charge >= 0.3 is 0 Å². The third-order valence-electron chi connectivity index (χ3n) is 3.92. The zero-order valence-corrected chi connectivity index (χ0v) is 11.9. The van der Waals surface area contributed by atoms with Crippen molar-refractivity contribution < 1.29 is 9.72 Å². The van der Waals surface area contributed by atoms with E-state index in [4.69, 9.17) is 0 Å². The number of nitrogens with zero attached hydrogens (tertiary/aromatic N) is 3. The van der Waals surface area contributed by atoms with Crippen LogP contribution in [0.15, 0.2) is 30.5 Å². The van der Waals surface area contributed by atoms with Crippen molar-refractivity contribution >= 4 is 22.5 Å². The highest BCUT2D eigenvalue weighted by molar-refractivity contribution is 5.85. The predicted molar refractivity (Wildman–Crippen MR) is 79.0 cm³/mol. The van der Waals surface area contributed by atoms with Crippen molar-refractivity contribution in [3.05, 3.63) is 40.6 Å². The second-order valence-corrected chi connectivity index (χ2v) is 5.35.